The van der Waals surface area contributed by atoms with Gasteiger partial charge in [0.2, 0.25) is 0 Å². The number of rotatable bonds is 3. The number of aromatic nitrogens is 2. The van der Waals surface area contributed by atoms with Crippen molar-refractivity contribution in [1.82, 2.24) is 9.55 Å². The van der Waals surface area contributed by atoms with E-state index in [0.29, 0.717) is 17.5 Å². The van der Waals surface area contributed by atoms with Crippen molar-refractivity contribution in [3.05, 3.63) is 29.0 Å². The van der Waals surface area contributed by atoms with Gasteiger partial charge in [0.05, 0.1) is 16.1 Å². The summed E-state index contributed by atoms with van der Waals surface area (Å²) in [5.41, 5.74) is 8.92. The van der Waals surface area contributed by atoms with E-state index in [1.807, 2.05) is 13.1 Å². The van der Waals surface area contributed by atoms with Gasteiger partial charge in [0.25, 0.3) is 0 Å². The Balaban J connectivity index is 2.51. The van der Waals surface area contributed by atoms with Gasteiger partial charge in [-0.25, -0.2) is 0 Å². The SMILES string of the molecule is CC(CCN)c1cc2ncc(Cl)cc2n1C. The molecule has 2 rings (SSSR count). The number of halogens is 1. The number of nitrogens with two attached hydrogens (primary N) is 1. The van der Waals surface area contributed by atoms with E-state index in [1.54, 1.807) is 6.20 Å². The molecule has 0 saturated carbocycles. The fourth-order valence-corrected chi connectivity index (χ4v) is 2.22. The maximum atomic E-state index is 5.94. The Morgan fingerprint density at radius 2 is 2.25 bits per heavy atom. The third-order valence-electron chi connectivity index (χ3n) is 3.00. The first-order valence-corrected chi connectivity index (χ1v) is 5.82. The normalized spacial score (nSPS) is 13.2. The minimum atomic E-state index is 0.447. The van der Waals surface area contributed by atoms with E-state index in [0.717, 1.165) is 17.5 Å². The molecule has 2 N–H and O–H groups in total. The lowest BCUT2D eigenvalue weighted by molar-refractivity contribution is 0.644. The number of nitrogens with zero attached hydrogens (tertiary/aromatic N) is 2. The van der Waals surface area contributed by atoms with Gasteiger partial charge in [-0.3, -0.25) is 4.98 Å². The zero-order valence-corrected chi connectivity index (χ0v) is 10.3. The molecule has 16 heavy (non-hydrogen) atoms. The Labute approximate surface area is 100 Å². The summed E-state index contributed by atoms with van der Waals surface area (Å²) in [6.45, 7) is 2.89. The minimum absolute atomic E-state index is 0.447. The van der Waals surface area contributed by atoms with Crippen molar-refractivity contribution >= 4 is 22.6 Å². The Morgan fingerprint density at radius 3 is 2.94 bits per heavy atom. The Hall–Kier alpha value is -1.06. The van der Waals surface area contributed by atoms with E-state index >= 15 is 0 Å². The van der Waals surface area contributed by atoms with E-state index in [9.17, 15) is 0 Å². The molecule has 0 bridgehead atoms. The maximum Gasteiger partial charge on any atom is 0.0884 e. The summed E-state index contributed by atoms with van der Waals surface area (Å²) in [5, 5.41) is 0.673. The molecule has 2 aromatic rings. The van der Waals surface area contributed by atoms with E-state index in [1.165, 1.54) is 5.69 Å². The third kappa shape index (κ3) is 1.93. The van der Waals surface area contributed by atoms with Gasteiger partial charge in [-0.05, 0) is 31.0 Å². The van der Waals surface area contributed by atoms with Crippen LogP contribution < -0.4 is 5.73 Å². The highest BCUT2D eigenvalue weighted by Gasteiger charge is 2.12. The molecule has 0 radical (unpaired) electrons. The van der Waals surface area contributed by atoms with Crippen LogP contribution in [0, 0.1) is 0 Å². The van der Waals surface area contributed by atoms with Crippen LogP contribution in [0.3, 0.4) is 0 Å². The zero-order chi connectivity index (χ0) is 11.7. The van der Waals surface area contributed by atoms with Crippen molar-refractivity contribution in [3.8, 4) is 0 Å². The summed E-state index contributed by atoms with van der Waals surface area (Å²) in [6.07, 6.45) is 2.67. The lowest BCUT2D eigenvalue weighted by Gasteiger charge is -2.11. The van der Waals surface area contributed by atoms with Crippen LogP contribution in [0.1, 0.15) is 25.0 Å². The van der Waals surface area contributed by atoms with E-state index in [4.69, 9.17) is 17.3 Å². The van der Waals surface area contributed by atoms with Gasteiger partial charge in [0, 0.05) is 18.9 Å². The molecule has 0 aliphatic heterocycles. The van der Waals surface area contributed by atoms with Crippen molar-refractivity contribution in [2.45, 2.75) is 19.3 Å². The van der Waals surface area contributed by atoms with Crippen LogP contribution in [-0.2, 0) is 7.05 Å². The summed E-state index contributed by atoms with van der Waals surface area (Å²) in [7, 11) is 2.04. The average Bonchev–Trinajstić information content (AvgIpc) is 2.57. The lowest BCUT2D eigenvalue weighted by atomic mass is 10.0. The Morgan fingerprint density at radius 1 is 1.50 bits per heavy atom. The second kappa shape index (κ2) is 4.44. The van der Waals surface area contributed by atoms with Gasteiger partial charge < -0.3 is 10.3 Å². The average molecular weight is 238 g/mol. The monoisotopic (exact) mass is 237 g/mol. The van der Waals surface area contributed by atoms with Crippen LogP contribution in [-0.4, -0.2) is 16.1 Å². The van der Waals surface area contributed by atoms with Crippen molar-refractivity contribution in [2.24, 2.45) is 12.8 Å². The largest absolute Gasteiger partial charge is 0.346 e. The van der Waals surface area contributed by atoms with Crippen LogP contribution in [0.4, 0.5) is 0 Å². The minimum Gasteiger partial charge on any atom is -0.346 e. The number of pyridine rings is 1. The predicted octanol–water partition coefficient (Wildman–Crippen LogP) is 2.68. The predicted molar refractivity (Wildman–Crippen MR) is 67.8 cm³/mol. The second-order valence-corrected chi connectivity index (χ2v) is 4.60. The second-order valence-electron chi connectivity index (χ2n) is 4.16. The number of hydrogen-bond acceptors (Lipinski definition) is 2. The van der Waals surface area contributed by atoms with Gasteiger partial charge in [0.1, 0.15) is 0 Å². The molecular formula is C12H16ClN3. The Kier molecular flexibility index (Phi) is 3.17. The Bertz CT molecular complexity index is 504. The van der Waals surface area contributed by atoms with Gasteiger partial charge in [-0.1, -0.05) is 18.5 Å². The molecular weight excluding hydrogens is 222 g/mol. The highest BCUT2D eigenvalue weighted by molar-refractivity contribution is 6.31. The van der Waals surface area contributed by atoms with Crippen LogP contribution in [0.25, 0.3) is 11.0 Å². The summed E-state index contributed by atoms with van der Waals surface area (Å²) in [6, 6.07) is 4.06. The van der Waals surface area contributed by atoms with Crippen molar-refractivity contribution < 1.29 is 0 Å². The molecule has 1 atom stereocenters. The molecule has 86 valence electrons. The van der Waals surface area contributed by atoms with Crippen LogP contribution in [0.2, 0.25) is 5.02 Å². The smallest absolute Gasteiger partial charge is 0.0884 e. The summed E-state index contributed by atoms with van der Waals surface area (Å²) >= 11 is 5.94. The fraction of sp³-hybridized carbons (Fsp3) is 0.417. The van der Waals surface area contributed by atoms with Gasteiger partial charge in [-0.2, -0.15) is 0 Å². The molecule has 0 spiro atoms. The van der Waals surface area contributed by atoms with E-state index in [-0.39, 0.29) is 0 Å². The molecule has 0 amide bonds. The molecule has 2 heterocycles. The summed E-state index contributed by atoms with van der Waals surface area (Å²) < 4.78 is 2.15. The van der Waals surface area contributed by atoms with Gasteiger partial charge in [-0.15, -0.1) is 0 Å². The maximum absolute atomic E-state index is 5.94. The van der Waals surface area contributed by atoms with Crippen molar-refractivity contribution in [3.63, 3.8) is 0 Å². The third-order valence-corrected chi connectivity index (χ3v) is 3.21. The van der Waals surface area contributed by atoms with Crippen LogP contribution in [0.15, 0.2) is 18.3 Å². The first-order chi connectivity index (χ1) is 7.63. The topological polar surface area (TPSA) is 43.8 Å². The lowest BCUT2D eigenvalue weighted by Crippen LogP contribution is -2.07. The fourth-order valence-electron chi connectivity index (χ4n) is 2.07. The number of hydrogen-bond donors (Lipinski definition) is 1. The molecule has 1 unspecified atom stereocenters. The summed E-state index contributed by atoms with van der Waals surface area (Å²) in [5.74, 6) is 0.447. The quantitative estimate of drug-likeness (QED) is 0.892. The van der Waals surface area contributed by atoms with Gasteiger partial charge in [0.15, 0.2) is 0 Å². The molecule has 0 saturated heterocycles. The highest BCUT2D eigenvalue weighted by atomic mass is 35.5. The highest BCUT2D eigenvalue weighted by Crippen LogP contribution is 2.26. The zero-order valence-electron chi connectivity index (χ0n) is 9.57. The molecule has 2 aromatic heterocycles. The molecule has 0 aromatic carbocycles. The standard InChI is InChI=1S/C12H16ClN3/c1-8(3-4-14)11-6-10-12(16(11)2)5-9(13)7-15-10/h5-8H,3-4,14H2,1-2H3. The number of fused-ring (bicyclic) bond motifs is 1. The molecule has 0 aliphatic carbocycles. The van der Waals surface area contributed by atoms with E-state index < -0.39 is 0 Å². The molecule has 4 heteroatoms. The van der Waals surface area contributed by atoms with E-state index in [2.05, 4.69) is 22.5 Å². The molecule has 0 fully saturated rings. The number of aryl methyl sites for hydroxylation is 1. The van der Waals surface area contributed by atoms with Crippen LogP contribution >= 0.6 is 11.6 Å². The molecule has 0 aliphatic rings. The van der Waals surface area contributed by atoms with Crippen molar-refractivity contribution in [2.75, 3.05) is 6.54 Å². The van der Waals surface area contributed by atoms with Crippen molar-refractivity contribution in [1.29, 1.82) is 0 Å². The molecule has 3 nitrogen and oxygen atoms in total. The first kappa shape index (κ1) is 11.4. The summed E-state index contributed by atoms with van der Waals surface area (Å²) in [4.78, 5) is 4.32. The van der Waals surface area contributed by atoms with Crippen LogP contribution in [0.5, 0.6) is 0 Å². The first-order valence-electron chi connectivity index (χ1n) is 5.44. The van der Waals surface area contributed by atoms with Gasteiger partial charge >= 0.3 is 0 Å².